The first-order valence-electron chi connectivity index (χ1n) is 8.69. The van der Waals surface area contributed by atoms with Crippen LogP contribution in [0, 0.1) is 6.92 Å². The van der Waals surface area contributed by atoms with Crippen molar-refractivity contribution in [2.45, 2.75) is 22.7 Å². The Bertz CT molecular complexity index is 1150. The summed E-state index contributed by atoms with van der Waals surface area (Å²) in [6, 6.07) is 12.4. The van der Waals surface area contributed by atoms with Gasteiger partial charge in [0.25, 0.3) is 0 Å². The normalized spacial score (nSPS) is 11.6. The van der Waals surface area contributed by atoms with E-state index in [0.29, 0.717) is 16.7 Å². The number of nitrogens with zero attached hydrogens (tertiary/aromatic N) is 3. The lowest BCUT2D eigenvalue weighted by molar-refractivity contribution is -0.113. The van der Waals surface area contributed by atoms with Gasteiger partial charge in [0.2, 0.25) is 15.7 Å². The van der Waals surface area contributed by atoms with Crippen LogP contribution >= 0.6 is 11.8 Å². The largest absolute Gasteiger partial charge is 0.341 e. The summed E-state index contributed by atoms with van der Waals surface area (Å²) in [5.74, 6) is -3.14. The average molecular weight is 453 g/mol. The molecule has 0 saturated heterocycles. The van der Waals surface area contributed by atoms with Crippen LogP contribution in [0.1, 0.15) is 5.56 Å². The number of aromatic nitrogens is 3. The number of hydrogen-bond acceptors (Lipinski definition) is 6. The van der Waals surface area contributed by atoms with E-state index in [2.05, 4.69) is 15.5 Å². The van der Waals surface area contributed by atoms with E-state index in [4.69, 9.17) is 0 Å². The predicted octanol–water partition coefficient (Wildman–Crippen LogP) is 3.52. The van der Waals surface area contributed by atoms with Gasteiger partial charge in [-0.15, -0.1) is 10.2 Å². The predicted molar refractivity (Wildman–Crippen MR) is 110 cm³/mol. The second kappa shape index (κ2) is 8.92. The second-order valence-corrected chi connectivity index (χ2v) is 9.26. The van der Waals surface area contributed by atoms with Gasteiger partial charge in [-0.3, -0.25) is 4.79 Å². The molecule has 0 radical (unpaired) electrons. The first kappa shape index (κ1) is 21.9. The van der Waals surface area contributed by atoms with Crippen molar-refractivity contribution < 1.29 is 22.0 Å². The van der Waals surface area contributed by atoms with E-state index in [1.807, 2.05) is 31.2 Å². The van der Waals surface area contributed by atoms with Gasteiger partial charge in [0.1, 0.15) is 0 Å². The number of anilines is 1. The number of carbonyl (C=O) groups excluding carboxylic acids is 1. The molecule has 2 aromatic carbocycles. The minimum atomic E-state index is -4.66. The van der Waals surface area contributed by atoms with Crippen LogP contribution < -0.4 is 5.32 Å². The van der Waals surface area contributed by atoms with Crippen molar-refractivity contribution in [2.24, 2.45) is 7.05 Å². The molecule has 30 heavy (non-hydrogen) atoms. The Morgan fingerprint density at radius 1 is 1.10 bits per heavy atom. The summed E-state index contributed by atoms with van der Waals surface area (Å²) < 4.78 is 49.7. The molecule has 7 nitrogen and oxygen atoms in total. The number of alkyl halides is 2. The van der Waals surface area contributed by atoms with Gasteiger partial charge in [-0.2, -0.15) is 8.78 Å². The molecule has 0 aliphatic carbocycles. The quantitative estimate of drug-likeness (QED) is 0.552. The Morgan fingerprint density at radius 3 is 2.33 bits per heavy atom. The Kier molecular flexibility index (Phi) is 6.52. The fourth-order valence-electron chi connectivity index (χ4n) is 2.55. The van der Waals surface area contributed by atoms with Crippen LogP contribution in [0.2, 0.25) is 0 Å². The monoisotopic (exact) mass is 452 g/mol. The SMILES string of the molecule is Cc1ccc(-c2nnc(SCC(=O)Nc3ccc(S(=O)(=O)C(F)F)cc3)n2C)cc1. The van der Waals surface area contributed by atoms with E-state index in [9.17, 15) is 22.0 Å². The third kappa shape index (κ3) is 4.85. The molecule has 0 spiro atoms. The van der Waals surface area contributed by atoms with Crippen LogP contribution in [0.5, 0.6) is 0 Å². The zero-order valence-electron chi connectivity index (χ0n) is 16.0. The summed E-state index contributed by atoms with van der Waals surface area (Å²) in [5.41, 5.74) is 2.34. The molecule has 1 aromatic heterocycles. The molecule has 3 rings (SSSR count). The number of benzene rings is 2. The van der Waals surface area contributed by atoms with Crippen LogP contribution in [0.3, 0.4) is 0 Å². The van der Waals surface area contributed by atoms with Crippen molar-refractivity contribution in [1.29, 1.82) is 0 Å². The lowest BCUT2D eigenvalue weighted by Gasteiger charge is -2.07. The van der Waals surface area contributed by atoms with E-state index in [0.717, 1.165) is 23.3 Å². The fraction of sp³-hybridized carbons (Fsp3) is 0.211. The summed E-state index contributed by atoms with van der Waals surface area (Å²) >= 11 is 1.19. The van der Waals surface area contributed by atoms with Gasteiger partial charge in [-0.1, -0.05) is 41.6 Å². The topological polar surface area (TPSA) is 94.0 Å². The Hall–Kier alpha value is -2.79. The van der Waals surface area contributed by atoms with Crippen LogP contribution in [-0.4, -0.2) is 40.6 Å². The van der Waals surface area contributed by atoms with Gasteiger partial charge in [0.05, 0.1) is 10.6 Å². The Labute approximate surface area is 176 Å². The number of rotatable bonds is 7. The number of aryl methyl sites for hydroxylation is 1. The van der Waals surface area contributed by atoms with E-state index < -0.39 is 20.5 Å². The molecular formula is C19H18F2N4O3S2. The highest BCUT2D eigenvalue weighted by Crippen LogP contribution is 2.24. The van der Waals surface area contributed by atoms with Crippen LogP contribution in [0.15, 0.2) is 58.6 Å². The lowest BCUT2D eigenvalue weighted by atomic mass is 10.1. The highest BCUT2D eigenvalue weighted by Gasteiger charge is 2.26. The molecule has 1 heterocycles. The number of amides is 1. The van der Waals surface area contributed by atoms with Crippen molar-refractivity contribution in [3.8, 4) is 11.4 Å². The maximum absolute atomic E-state index is 12.6. The van der Waals surface area contributed by atoms with Gasteiger partial charge in [0.15, 0.2) is 11.0 Å². The summed E-state index contributed by atoms with van der Waals surface area (Å²) in [4.78, 5) is 11.7. The summed E-state index contributed by atoms with van der Waals surface area (Å²) in [6.07, 6.45) is 0. The molecule has 0 aliphatic rings. The van der Waals surface area contributed by atoms with Crippen molar-refractivity contribution in [3.05, 3.63) is 54.1 Å². The third-order valence-electron chi connectivity index (χ3n) is 4.18. The molecule has 0 bridgehead atoms. The summed E-state index contributed by atoms with van der Waals surface area (Å²) in [7, 11) is -2.86. The van der Waals surface area contributed by atoms with E-state index in [1.54, 1.807) is 11.6 Å². The van der Waals surface area contributed by atoms with Crippen molar-refractivity contribution in [2.75, 3.05) is 11.1 Å². The van der Waals surface area contributed by atoms with Crippen molar-refractivity contribution >= 4 is 33.2 Å². The van der Waals surface area contributed by atoms with Crippen LogP contribution in [-0.2, 0) is 21.7 Å². The number of hydrogen-bond donors (Lipinski definition) is 1. The van der Waals surface area contributed by atoms with Gasteiger partial charge >= 0.3 is 5.76 Å². The number of sulfone groups is 1. The standard InChI is InChI=1S/C19H18F2N4O3S2/c1-12-3-5-13(6-4-12)17-23-24-19(25(17)2)29-11-16(26)22-14-7-9-15(10-8-14)30(27,28)18(20)21/h3-10,18H,11H2,1-2H3,(H,22,26). The molecule has 11 heteroatoms. The first-order valence-corrected chi connectivity index (χ1v) is 11.2. The third-order valence-corrected chi connectivity index (χ3v) is 6.60. The maximum Gasteiger partial charge on any atom is 0.341 e. The number of halogens is 2. The van der Waals surface area contributed by atoms with Crippen LogP contribution in [0.25, 0.3) is 11.4 Å². The molecule has 1 amide bonds. The summed E-state index contributed by atoms with van der Waals surface area (Å²) in [6.45, 7) is 1.99. The number of thioether (sulfide) groups is 1. The lowest BCUT2D eigenvalue weighted by Crippen LogP contribution is -2.15. The average Bonchev–Trinajstić information content (AvgIpc) is 3.08. The second-order valence-electron chi connectivity index (χ2n) is 6.40. The van der Waals surface area contributed by atoms with Gasteiger partial charge in [0, 0.05) is 18.3 Å². The van der Waals surface area contributed by atoms with E-state index in [1.165, 1.54) is 23.9 Å². The Morgan fingerprint density at radius 2 is 1.73 bits per heavy atom. The molecular weight excluding hydrogens is 434 g/mol. The van der Waals surface area contributed by atoms with Gasteiger partial charge < -0.3 is 9.88 Å². The molecule has 1 N–H and O–H groups in total. The molecule has 0 aliphatic heterocycles. The van der Waals surface area contributed by atoms with Crippen molar-refractivity contribution in [1.82, 2.24) is 14.8 Å². The molecule has 0 atom stereocenters. The van der Waals surface area contributed by atoms with Gasteiger partial charge in [-0.25, -0.2) is 8.42 Å². The smallest absolute Gasteiger partial charge is 0.325 e. The zero-order valence-corrected chi connectivity index (χ0v) is 17.7. The van der Waals surface area contributed by atoms with E-state index in [-0.39, 0.29) is 11.7 Å². The summed E-state index contributed by atoms with van der Waals surface area (Å²) in [5, 5.41) is 11.4. The molecule has 0 fully saturated rings. The highest BCUT2D eigenvalue weighted by molar-refractivity contribution is 7.99. The first-order chi connectivity index (χ1) is 14.2. The zero-order chi connectivity index (χ0) is 21.9. The highest BCUT2D eigenvalue weighted by atomic mass is 32.2. The Balaban J connectivity index is 1.61. The van der Waals surface area contributed by atoms with Crippen molar-refractivity contribution in [3.63, 3.8) is 0 Å². The fourth-order valence-corrected chi connectivity index (χ4v) is 3.98. The molecule has 3 aromatic rings. The van der Waals surface area contributed by atoms with Crippen LogP contribution in [0.4, 0.5) is 14.5 Å². The van der Waals surface area contributed by atoms with E-state index >= 15 is 0 Å². The van der Waals surface area contributed by atoms with Gasteiger partial charge in [-0.05, 0) is 31.2 Å². The molecule has 158 valence electrons. The minimum absolute atomic E-state index is 0.0386. The maximum atomic E-state index is 12.6. The molecule has 0 saturated carbocycles. The number of nitrogens with one attached hydrogen (secondary N) is 1. The number of carbonyl (C=O) groups is 1. The minimum Gasteiger partial charge on any atom is -0.325 e. The molecule has 0 unspecified atom stereocenters.